The number of thioether (sulfide) groups is 1. The second kappa shape index (κ2) is 5.95. The van der Waals surface area contributed by atoms with Crippen LogP contribution in [-0.4, -0.2) is 36.9 Å². The van der Waals surface area contributed by atoms with Gasteiger partial charge in [0.15, 0.2) is 0 Å². The molecule has 1 heterocycles. The molecule has 4 heteroatoms. The first kappa shape index (κ1) is 15.4. The maximum Gasteiger partial charge on any atom is 0.131 e. The molecule has 22 heavy (non-hydrogen) atoms. The molecule has 0 bridgehead atoms. The van der Waals surface area contributed by atoms with E-state index in [2.05, 4.69) is 18.4 Å². The second-order valence-electron chi connectivity index (χ2n) is 5.91. The van der Waals surface area contributed by atoms with E-state index in [1.54, 1.807) is 11.8 Å². The third-order valence-electron chi connectivity index (χ3n) is 4.02. The van der Waals surface area contributed by atoms with Crippen LogP contribution in [0.1, 0.15) is 16.7 Å². The van der Waals surface area contributed by atoms with Crippen LogP contribution in [0, 0.1) is 0 Å². The third kappa shape index (κ3) is 2.62. The largest absolute Gasteiger partial charge is 0.488 e. The molecular weight excluding hydrogens is 294 g/mol. The van der Waals surface area contributed by atoms with E-state index in [0.29, 0.717) is 13.2 Å². The summed E-state index contributed by atoms with van der Waals surface area (Å²) in [5.41, 5.74) is 1.75. The minimum Gasteiger partial charge on any atom is -0.488 e. The van der Waals surface area contributed by atoms with Crippen LogP contribution in [0.15, 0.2) is 47.4 Å². The molecule has 0 radical (unpaired) electrons. The first-order valence-electron chi connectivity index (χ1n) is 7.31. The van der Waals surface area contributed by atoms with Gasteiger partial charge in [-0.25, -0.2) is 0 Å². The van der Waals surface area contributed by atoms with Crippen LogP contribution in [0.4, 0.5) is 0 Å². The van der Waals surface area contributed by atoms with Gasteiger partial charge in [-0.15, -0.1) is 11.8 Å². The SMILES string of the molecule is CSc1ccc2c(c1)COc1ccccc1C2(O)CN(C)C. The number of ether oxygens (including phenoxy) is 1. The average molecular weight is 315 g/mol. The number of fused-ring (bicyclic) bond motifs is 2. The summed E-state index contributed by atoms with van der Waals surface area (Å²) in [6.07, 6.45) is 2.06. The minimum absolute atomic E-state index is 0.483. The van der Waals surface area contributed by atoms with Gasteiger partial charge in [-0.05, 0) is 49.7 Å². The molecule has 0 saturated heterocycles. The van der Waals surface area contributed by atoms with Gasteiger partial charge >= 0.3 is 0 Å². The molecule has 0 aliphatic carbocycles. The Kier molecular flexibility index (Phi) is 4.17. The molecule has 1 aliphatic rings. The van der Waals surface area contributed by atoms with Gasteiger partial charge in [0.2, 0.25) is 0 Å². The van der Waals surface area contributed by atoms with Gasteiger partial charge in [0.25, 0.3) is 0 Å². The summed E-state index contributed by atoms with van der Waals surface area (Å²) in [4.78, 5) is 3.19. The minimum atomic E-state index is -1.07. The van der Waals surface area contributed by atoms with E-state index in [-0.39, 0.29) is 0 Å². The summed E-state index contributed by atoms with van der Waals surface area (Å²) >= 11 is 1.70. The van der Waals surface area contributed by atoms with Gasteiger partial charge in [-0.3, -0.25) is 0 Å². The molecule has 3 nitrogen and oxygen atoms in total. The van der Waals surface area contributed by atoms with E-state index in [4.69, 9.17) is 4.74 Å². The summed E-state index contributed by atoms with van der Waals surface area (Å²) < 4.78 is 5.96. The molecule has 0 saturated carbocycles. The van der Waals surface area contributed by atoms with Crippen molar-refractivity contribution in [1.82, 2.24) is 4.90 Å². The second-order valence-corrected chi connectivity index (χ2v) is 6.79. The lowest BCUT2D eigenvalue weighted by molar-refractivity contribution is 0.0507. The van der Waals surface area contributed by atoms with E-state index in [9.17, 15) is 5.11 Å². The lowest BCUT2D eigenvalue weighted by Crippen LogP contribution is -2.39. The number of hydrogen-bond acceptors (Lipinski definition) is 4. The van der Waals surface area contributed by atoms with E-state index in [1.165, 1.54) is 4.90 Å². The molecule has 1 atom stereocenters. The summed E-state index contributed by atoms with van der Waals surface area (Å²) in [6, 6.07) is 14.0. The molecule has 0 spiro atoms. The molecule has 0 amide bonds. The van der Waals surface area contributed by atoms with Crippen molar-refractivity contribution in [1.29, 1.82) is 0 Å². The number of hydrogen-bond donors (Lipinski definition) is 1. The summed E-state index contributed by atoms with van der Waals surface area (Å²) in [5.74, 6) is 0.758. The number of para-hydroxylation sites is 1. The topological polar surface area (TPSA) is 32.7 Å². The molecule has 0 aromatic heterocycles. The van der Waals surface area contributed by atoms with Crippen molar-refractivity contribution in [2.75, 3.05) is 26.9 Å². The average Bonchev–Trinajstić information content (AvgIpc) is 2.62. The van der Waals surface area contributed by atoms with E-state index in [1.807, 2.05) is 49.3 Å². The predicted molar refractivity (Wildman–Crippen MR) is 90.5 cm³/mol. The fraction of sp³-hybridized carbons (Fsp3) is 0.333. The van der Waals surface area contributed by atoms with Crippen LogP contribution in [0.3, 0.4) is 0 Å². The van der Waals surface area contributed by atoms with Crippen LogP contribution < -0.4 is 4.74 Å². The zero-order valence-electron chi connectivity index (χ0n) is 13.2. The van der Waals surface area contributed by atoms with Crippen molar-refractivity contribution in [2.24, 2.45) is 0 Å². The van der Waals surface area contributed by atoms with Gasteiger partial charge in [0, 0.05) is 17.0 Å². The first-order valence-corrected chi connectivity index (χ1v) is 8.54. The molecule has 1 aliphatic heterocycles. The third-order valence-corrected chi connectivity index (χ3v) is 4.74. The molecule has 3 rings (SSSR count). The zero-order valence-corrected chi connectivity index (χ0v) is 14.0. The Morgan fingerprint density at radius 1 is 1.18 bits per heavy atom. The smallest absolute Gasteiger partial charge is 0.131 e. The number of aliphatic hydroxyl groups is 1. The lowest BCUT2D eigenvalue weighted by atomic mass is 9.83. The quantitative estimate of drug-likeness (QED) is 0.882. The highest BCUT2D eigenvalue weighted by molar-refractivity contribution is 7.98. The van der Waals surface area contributed by atoms with E-state index >= 15 is 0 Å². The molecule has 1 unspecified atom stereocenters. The monoisotopic (exact) mass is 315 g/mol. The van der Waals surface area contributed by atoms with Crippen molar-refractivity contribution in [2.45, 2.75) is 17.1 Å². The molecular formula is C18H21NO2S. The maximum atomic E-state index is 11.6. The van der Waals surface area contributed by atoms with E-state index < -0.39 is 5.60 Å². The lowest BCUT2D eigenvalue weighted by Gasteiger charge is -2.32. The number of nitrogens with zero attached hydrogens (tertiary/aromatic N) is 1. The normalized spacial score (nSPS) is 20.0. The standard InChI is InChI=1S/C18H21NO2S/c1-19(2)12-18(20)15-9-8-14(22-3)10-13(15)11-21-17-7-5-4-6-16(17)18/h4-10,20H,11-12H2,1-3H3. The molecule has 2 aromatic carbocycles. The van der Waals surface area contributed by atoms with Crippen molar-refractivity contribution >= 4 is 11.8 Å². The van der Waals surface area contributed by atoms with Crippen molar-refractivity contribution in [3.63, 3.8) is 0 Å². The molecule has 1 N–H and O–H groups in total. The van der Waals surface area contributed by atoms with Gasteiger partial charge in [0.05, 0.1) is 0 Å². The number of likely N-dealkylation sites (N-methyl/N-ethyl adjacent to an activating group) is 1. The van der Waals surface area contributed by atoms with Gasteiger partial charge in [-0.2, -0.15) is 0 Å². The summed E-state index contributed by atoms with van der Waals surface area (Å²) in [7, 11) is 3.95. The summed E-state index contributed by atoms with van der Waals surface area (Å²) in [6.45, 7) is 0.996. The van der Waals surface area contributed by atoms with Crippen molar-refractivity contribution in [3.05, 3.63) is 59.2 Å². The fourth-order valence-electron chi connectivity index (χ4n) is 3.08. The molecule has 2 aromatic rings. The maximum absolute atomic E-state index is 11.6. The number of rotatable bonds is 3. The van der Waals surface area contributed by atoms with Gasteiger partial charge < -0.3 is 14.7 Å². The summed E-state index contributed by atoms with van der Waals surface area (Å²) in [5, 5.41) is 11.6. The van der Waals surface area contributed by atoms with Crippen LogP contribution in [0.2, 0.25) is 0 Å². The van der Waals surface area contributed by atoms with Gasteiger partial charge in [0.1, 0.15) is 18.0 Å². The van der Waals surface area contributed by atoms with Crippen LogP contribution in [0.5, 0.6) is 5.75 Å². The highest BCUT2D eigenvalue weighted by Gasteiger charge is 2.38. The fourth-order valence-corrected chi connectivity index (χ4v) is 3.55. The Labute approximate surface area is 135 Å². The Hall–Kier alpha value is -1.49. The van der Waals surface area contributed by atoms with Crippen LogP contribution in [0.25, 0.3) is 0 Å². The van der Waals surface area contributed by atoms with Crippen LogP contribution >= 0.6 is 11.8 Å². The zero-order chi connectivity index (χ0) is 15.7. The highest BCUT2D eigenvalue weighted by atomic mass is 32.2. The Morgan fingerprint density at radius 2 is 1.95 bits per heavy atom. The first-order chi connectivity index (χ1) is 10.5. The Balaban J connectivity index is 2.21. The van der Waals surface area contributed by atoms with Gasteiger partial charge in [-0.1, -0.05) is 24.3 Å². The van der Waals surface area contributed by atoms with Crippen LogP contribution in [-0.2, 0) is 12.2 Å². The highest BCUT2D eigenvalue weighted by Crippen LogP contribution is 2.41. The van der Waals surface area contributed by atoms with Crippen molar-refractivity contribution < 1.29 is 9.84 Å². The predicted octanol–water partition coefficient (Wildman–Crippen LogP) is 3.10. The Morgan fingerprint density at radius 3 is 2.68 bits per heavy atom. The molecule has 116 valence electrons. The van der Waals surface area contributed by atoms with Crippen molar-refractivity contribution in [3.8, 4) is 5.75 Å². The van der Waals surface area contributed by atoms with E-state index in [0.717, 1.165) is 22.4 Å². The molecule has 0 fully saturated rings. The Bertz CT molecular complexity index is 687. The number of benzene rings is 2.